The molecular formula is C26H25N3O5. The Morgan fingerprint density at radius 2 is 1.59 bits per heavy atom. The Morgan fingerprint density at radius 3 is 2.24 bits per heavy atom. The van der Waals surface area contributed by atoms with E-state index in [1.807, 2.05) is 55.7 Å². The van der Waals surface area contributed by atoms with Crippen LogP contribution in [0.5, 0.6) is 11.5 Å². The molecule has 1 N–H and O–H groups in total. The highest BCUT2D eigenvalue weighted by Gasteiger charge is 2.38. The highest BCUT2D eigenvalue weighted by molar-refractivity contribution is 6.39. The van der Waals surface area contributed by atoms with Crippen LogP contribution in [0.3, 0.4) is 0 Å². The van der Waals surface area contributed by atoms with Crippen molar-refractivity contribution in [3.05, 3.63) is 76.6 Å². The van der Waals surface area contributed by atoms with E-state index in [9.17, 15) is 14.4 Å². The molecule has 1 aromatic heterocycles. The van der Waals surface area contributed by atoms with Gasteiger partial charge in [-0.05, 0) is 62.7 Å². The maximum absolute atomic E-state index is 13.4. The molecule has 2 heterocycles. The van der Waals surface area contributed by atoms with Crippen molar-refractivity contribution in [3.8, 4) is 17.2 Å². The lowest BCUT2D eigenvalue weighted by atomic mass is 10.1. The number of anilines is 1. The molecule has 1 saturated heterocycles. The molecule has 1 aliphatic rings. The topological polar surface area (TPSA) is 89.9 Å². The predicted octanol–water partition coefficient (Wildman–Crippen LogP) is 4.09. The molecule has 0 unspecified atom stereocenters. The third-order valence-corrected chi connectivity index (χ3v) is 5.79. The van der Waals surface area contributed by atoms with Crippen molar-refractivity contribution < 1.29 is 23.9 Å². The second kappa shape index (κ2) is 8.90. The first-order valence-electron chi connectivity index (χ1n) is 10.6. The molecule has 174 valence electrons. The van der Waals surface area contributed by atoms with Gasteiger partial charge < -0.3 is 14.0 Å². The van der Waals surface area contributed by atoms with E-state index >= 15 is 0 Å². The number of methoxy groups -OCH3 is 2. The lowest BCUT2D eigenvalue weighted by Crippen LogP contribution is -2.54. The summed E-state index contributed by atoms with van der Waals surface area (Å²) in [6, 6.07) is 13.9. The maximum Gasteiger partial charge on any atom is 0.336 e. The number of barbiturate groups is 1. The van der Waals surface area contributed by atoms with E-state index in [-0.39, 0.29) is 17.0 Å². The zero-order valence-electron chi connectivity index (χ0n) is 19.6. The van der Waals surface area contributed by atoms with E-state index < -0.39 is 17.8 Å². The molecule has 34 heavy (non-hydrogen) atoms. The lowest BCUT2D eigenvalue weighted by Gasteiger charge is -2.27. The molecule has 4 amide bonds. The van der Waals surface area contributed by atoms with Gasteiger partial charge in [-0.2, -0.15) is 0 Å². The first-order chi connectivity index (χ1) is 16.2. The minimum atomic E-state index is -0.858. The van der Waals surface area contributed by atoms with Crippen molar-refractivity contribution in [2.45, 2.75) is 20.8 Å². The molecule has 0 radical (unpaired) electrons. The van der Waals surface area contributed by atoms with E-state index in [2.05, 4.69) is 5.32 Å². The Balaban J connectivity index is 1.78. The smallest absolute Gasteiger partial charge is 0.336 e. The number of hydrogen-bond acceptors (Lipinski definition) is 5. The molecule has 0 atom stereocenters. The standard InChI is InChI=1S/C26H25N3O5/c1-15-6-8-19(9-7-15)28-16(2)12-18(17(28)3)13-21-24(30)27-26(32)29(25(21)31)22-14-20(33-4)10-11-23(22)34-5/h6-14H,1-5H3,(H,27,30,32). The van der Waals surface area contributed by atoms with Gasteiger partial charge in [0.05, 0.1) is 19.9 Å². The first-order valence-corrected chi connectivity index (χ1v) is 10.6. The van der Waals surface area contributed by atoms with E-state index in [0.717, 1.165) is 27.5 Å². The van der Waals surface area contributed by atoms with Crippen LogP contribution in [0.25, 0.3) is 11.8 Å². The van der Waals surface area contributed by atoms with Crippen LogP contribution in [0.4, 0.5) is 10.5 Å². The summed E-state index contributed by atoms with van der Waals surface area (Å²) in [6.45, 7) is 5.89. The van der Waals surface area contributed by atoms with Crippen LogP contribution in [-0.4, -0.2) is 36.6 Å². The number of urea groups is 1. The number of aryl methyl sites for hydroxylation is 2. The number of ether oxygens (including phenoxy) is 2. The fourth-order valence-corrected chi connectivity index (χ4v) is 4.03. The van der Waals surface area contributed by atoms with E-state index in [0.29, 0.717) is 11.3 Å². The Hall–Kier alpha value is -4.33. The maximum atomic E-state index is 13.4. The summed E-state index contributed by atoms with van der Waals surface area (Å²) in [5.74, 6) is -0.787. The van der Waals surface area contributed by atoms with Crippen molar-refractivity contribution in [2.75, 3.05) is 19.1 Å². The highest BCUT2D eigenvalue weighted by atomic mass is 16.5. The van der Waals surface area contributed by atoms with Crippen molar-refractivity contribution in [3.63, 3.8) is 0 Å². The predicted molar refractivity (Wildman–Crippen MR) is 129 cm³/mol. The van der Waals surface area contributed by atoms with Gasteiger partial charge in [0.25, 0.3) is 11.8 Å². The monoisotopic (exact) mass is 459 g/mol. The molecule has 1 aliphatic heterocycles. The molecule has 8 heteroatoms. The summed E-state index contributed by atoms with van der Waals surface area (Å²) >= 11 is 0. The second-order valence-corrected chi connectivity index (χ2v) is 7.99. The number of aromatic nitrogens is 1. The molecule has 2 aromatic carbocycles. The van der Waals surface area contributed by atoms with E-state index in [4.69, 9.17) is 9.47 Å². The van der Waals surface area contributed by atoms with Gasteiger partial charge in [0.1, 0.15) is 17.1 Å². The Kier molecular flexibility index (Phi) is 5.98. The summed E-state index contributed by atoms with van der Waals surface area (Å²) in [7, 11) is 2.90. The van der Waals surface area contributed by atoms with Gasteiger partial charge in [0.2, 0.25) is 0 Å². The molecule has 0 saturated carbocycles. The van der Waals surface area contributed by atoms with Crippen LogP contribution < -0.4 is 19.7 Å². The third kappa shape index (κ3) is 3.94. The minimum Gasteiger partial charge on any atom is -0.497 e. The van der Waals surface area contributed by atoms with Gasteiger partial charge in [-0.25, -0.2) is 9.69 Å². The number of hydrogen-bond donors (Lipinski definition) is 1. The van der Waals surface area contributed by atoms with Crippen molar-refractivity contribution in [2.24, 2.45) is 0 Å². The van der Waals surface area contributed by atoms with Gasteiger partial charge in [-0.3, -0.25) is 14.9 Å². The Labute approximate surface area is 197 Å². The molecule has 8 nitrogen and oxygen atoms in total. The molecule has 4 rings (SSSR count). The first kappa shape index (κ1) is 22.8. The number of nitrogens with one attached hydrogen (secondary N) is 1. The van der Waals surface area contributed by atoms with Crippen molar-refractivity contribution >= 4 is 29.6 Å². The highest BCUT2D eigenvalue weighted by Crippen LogP contribution is 2.35. The molecule has 0 aliphatic carbocycles. The lowest BCUT2D eigenvalue weighted by molar-refractivity contribution is -0.122. The zero-order chi connectivity index (χ0) is 24.6. The van der Waals surface area contributed by atoms with Gasteiger partial charge >= 0.3 is 6.03 Å². The second-order valence-electron chi connectivity index (χ2n) is 7.99. The van der Waals surface area contributed by atoms with Gasteiger partial charge in [0, 0.05) is 23.1 Å². The number of benzene rings is 2. The summed E-state index contributed by atoms with van der Waals surface area (Å²) < 4.78 is 12.6. The van der Waals surface area contributed by atoms with Crippen LogP contribution in [0.2, 0.25) is 0 Å². The molecule has 3 aromatic rings. The molecule has 0 spiro atoms. The van der Waals surface area contributed by atoms with Crippen LogP contribution in [0, 0.1) is 20.8 Å². The quantitative estimate of drug-likeness (QED) is 0.459. The number of carbonyl (C=O) groups is 3. The number of imide groups is 2. The fourth-order valence-electron chi connectivity index (χ4n) is 4.03. The number of rotatable bonds is 5. The fraction of sp³-hybridized carbons (Fsp3) is 0.192. The number of nitrogens with zero attached hydrogens (tertiary/aromatic N) is 2. The van der Waals surface area contributed by atoms with Gasteiger partial charge in [-0.15, -0.1) is 0 Å². The average molecular weight is 460 g/mol. The summed E-state index contributed by atoms with van der Waals surface area (Å²) in [5, 5.41) is 2.25. The molecular weight excluding hydrogens is 434 g/mol. The minimum absolute atomic E-state index is 0.159. The van der Waals surface area contributed by atoms with Gasteiger partial charge in [-0.1, -0.05) is 17.7 Å². The van der Waals surface area contributed by atoms with E-state index in [1.54, 1.807) is 12.1 Å². The SMILES string of the molecule is COc1ccc(OC)c(N2C(=O)NC(=O)C(=Cc3cc(C)n(-c4ccc(C)cc4)c3C)C2=O)c1. The average Bonchev–Trinajstić information content (AvgIpc) is 3.09. The molecule has 1 fully saturated rings. The van der Waals surface area contributed by atoms with Crippen LogP contribution >= 0.6 is 0 Å². The van der Waals surface area contributed by atoms with Crippen LogP contribution in [0.15, 0.2) is 54.1 Å². The van der Waals surface area contributed by atoms with Crippen LogP contribution in [-0.2, 0) is 9.59 Å². The number of carbonyl (C=O) groups excluding carboxylic acids is 3. The summed E-state index contributed by atoms with van der Waals surface area (Å²) in [6.07, 6.45) is 1.51. The third-order valence-electron chi connectivity index (χ3n) is 5.79. The van der Waals surface area contributed by atoms with Gasteiger partial charge in [0.15, 0.2) is 0 Å². The largest absolute Gasteiger partial charge is 0.497 e. The zero-order valence-corrected chi connectivity index (χ0v) is 19.6. The van der Waals surface area contributed by atoms with Crippen LogP contribution in [0.1, 0.15) is 22.5 Å². The molecule has 0 bridgehead atoms. The summed E-state index contributed by atoms with van der Waals surface area (Å²) in [4.78, 5) is 39.6. The normalized spacial score (nSPS) is 15.0. The number of amides is 4. The Morgan fingerprint density at radius 1 is 0.882 bits per heavy atom. The van der Waals surface area contributed by atoms with Crippen molar-refractivity contribution in [1.82, 2.24) is 9.88 Å². The summed E-state index contributed by atoms with van der Waals surface area (Å²) in [5.41, 5.74) is 4.64. The Bertz CT molecular complexity index is 1340. The van der Waals surface area contributed by atoms with E-state index in [1.165, 1.54) is 26.4 Å². The van der Waals surface area contributed by atoms with Crippen molar-refractivity contribution in [1.29, 1.82) is 0 Å².